The van der Waals surface area contributed by atoms with Gasteiger partial charge < -0.3 is 9.64 Å². The van der Waals surface area contributed by atoms with Crippen LogP contribution in [0.3, 0.4) is 0 Å². The van der Waals surface area contributed by atoms with E-state index < -0.39 is 0 Å². The Hall–Kier alpha value is -2.29. The lowest BCUT2D eigenvalue weighted by Gasteiger charge is -2.40. The average molecular weight is 409 g/mol. The number of benzene rings is 1. The van der Waals surface area contributed by atoms with Crippen LogP contribution in [0, 0.1) is 11.3 Å². The van der Waals surface area contributed by atoms with Gasteiger partial charge in [-0.15, -0.1) is 12.4 Å². The Morgan fingerprint density at radius 2 is 1.83 bits per heavy atom. The zero-order valence-corrected chi connectivity index (χ0v) is 17.3. The third-order valence-electron chi connectivity index (χ3n) is 7.06. The van der Waals surface area contributed by atoms with Crippen molar-refractivity contribution in [2.75, 3.05) is 24.6 Å². The SMILES string of the molecule is Cl.N#Cc1c2c(c(N3CCC4(CCCO4)CC3)n3c1nc1ccccc13)CCC2. The van der Waals surface area contributed by atoms with Crippen LogP contribution in [0.4, 0.5) is 5.82 Å². The molecule has 2 fully saturated rings. The van der Waals surface area contributed by atoms with Crippen LogP contribution in [0.5, 0.6) is 0 Å². The monoisotopic (exact) mass is 408 g/mol. The van der Waals surface area contributed by atoms with E-state index in [0.29, 0.717) is 0 Å². The van der Waals surface area contributed by atoms with Crippen molar-refractivity contribution < 1.29 is 4.74 Å². The molecule has 150 valence electrons. The number of fused-ring (bicyclic) bond motifs is 4. The normalized spacial score (nSPS) is 20.2. The van der Waals surface area contributed by atoms with E-state index in [1.54, 1.807) is 0 Å². The molecule has 0 unspecified atom stereocenters. The molecule has 0 saturated carbocycles. The van der Waals surface area contributed by atoms with E-state index in [4.69, 9.17) is 9.72 Å². The lowest BCUT2D eigenvalue weighted by atomic mass is 9.88. The van der Waals surface area contributed by atoms with Crippen LogP contribution in [0.1, 0.15) is 48.8 Å². The summed E-state index contributed by atoms with van der Waals surface area (Å²) in [5.74, 6) is 1.28. The van der Waals surface area contributed by atoms with Gasteiger partial charge in [-0.25, -0.2) is 4.98 Å². The first-order valence-corrected chi connectivity index (χ1v) is 10.5. The predicted molar refractivity (Wildman–Crippen MR) is 116 cm³/mol. The highest BCUT2D eigenvalue weighted by Gasteiger charge is 2.40. The fourth-order valence-corrected chi connectivity index (χ4v) is 5.67. The Kier molecular flexibility index (Phi) is 4.45. The third-order valence-corrected chi connectivity index (χ3v) is 7.06. The number of aromatic nitrogens is 2. The number of ether oxygens (including phenoxy) is 1. The lowest BCUT2D eigenvalue weighted by Crippen LogP contribution is -2.45. The number of piperidine rings is 1. The van der Waals surface area contributed by atoms with Gasteiger partial charge in [0.25, 0.3) is 0 Å². The molecule has 0 amide bonds. The molecule has 29 heavy (non-hydrogen) atoms. The number of anilines is 1. The van der Waals surface area contributed by atoms with Crippen molar-refractivity contribution in [1.29, 1.82) is 5.26 Å². The lowest BCUT2D eigenvalue weighted by molar-refractivity contribution is -0.0147. The summed E-state index contributed by atoms with van der Waals surface area (Å²) in [6, 6.07) is 10.8. The zero-order valence-electron chi connectivity index (χ0n) is 16.5. The highest BCUT2D eigenvalue weighted by atomic mass is 35.5. The van der Waals surface area contributed by atoms with Crippen LogP contribution in [0.15, 0.2) is 24.3 Å². The maximum Gasteiger partial charge on any atom is 0.157 e. The van der Waals surface area contributed by atoms with Gasteiger partial charge in [0.1, 0.15) is 11.9 Å². The van der Waals surface area contributed by atoms with Gasteiger partial charge in [0.15, 0.2) is 5.65 Å². The molecule has 0 radical (unpaired) electrons. The van der Waals surface area contributed by atoms with Crippen molar-refractivity contribution in [3.8, 4) is 6.07 Å². The molecule has 2 aliphatic heterocycles. The van der Waals surface area contributed by atoms with E-state index in [9.17, 15) is 5.26 Å². The first kappa shape index (κ1) is 18.7. The molecule has 0 bridgehead atoms. The predicted octanol–water partition coefficient (Wildman–Crippen LogP) is 4.42. The van der Waals surface area contributed by atoms with Gasteiger partial charge in [0.05, 0.1) is 22.2 Å². The molecule has 1 spiro atoms. The average Bonchev–Trinajstić information content (AvgIpc) is 3.46. The molecule has 2 saturated heterocycles. The number of imidazole rings is 1. The fraction of sp³-hybridized carbons (Fsp3) is 0.478. The molecule has 2 aromatic heterocycles. The maximum absolute atomic E-state index is 9.93. The Labute approximate surface area is 176 Å². The molecule has 1 aliphatic carbocycles. The van der Waals surface area contributed by atoms with Crippen LogP contribution in [-0.4, -0.2) is 34.7 Å². The Morgan fingerprint density at radius 1 is 1.03 bits per heavy atom. The van der Waals surface area contributed by atoms with Gasteiger partial charge >= 0.3 is 0 Å². The third kappa shape index (κ3) is 2.66. The minimum Gasteiger partial charge on any atom is -0.375 e. The smallest absolute Gasteiger partial charge is 0.157 e. The number of rotatable bonds is 1. The number of hydrogen-bond donors (Lipinski definition) is 0. The topological polar surface area (TPSA) is 53.6 Å². The van der Waals surface area contributed by atoms with Crippen LogP contribution in [-0.2, 0) is 17.6 Å². The summed E-state index contributed by atoms with van der Waals surface area (Å²) in [7, 11) is 0. The van der Waals surface area contributed by atoms with Crippen molar-refractivity contribution in [2.24, 2.45) is 0 Å². The second-order valence-corrected chi connectivity index (χ2v) is 8.50. The van der Waals surface area contributed by atoms with E-state index in [0.717, 1.165) is 74.0 Å². The van der Waals surface area contributed by atoms with Crippen molar-refractivity contribution in [3.05, 3.63) is 41.0 Å². The van der Waals surface area contributed by atoms with Crippen molar-refractivity contribution in [1.82, 2.24) is 9.38 Å². The standard InChI is InChI=1S/C23H24N4O.ClH/c24-15-18-16-5-3-6-17(16)22(26-12-10-23(11-13-26)9-4-14-28-23)27-20-8-2-1-7-19(20)25-21(18)27;/h1-2,7-8H,3-6,9-14H2;1H. The summed E-state index contributed by atoms with van der Waals surface area (Å²) in [5, 5.41) is 9.93. The summed E-state index contributed by atoms with van der Waals surface area (Å²) in [6.07, 6.45) is 7.76. The molecule has 0 N–H and O–H groups in total. The van der Waals surface area contributed by atoms with Gasteiger partial charge in [-0.05, 0) is 68.2 Å². The molecule has 5 nitrogen and oxygen atoms in total. The molecular weight excluding hydrogens is 384 g/mol. The number of nitriles is 1. The summed E-state index contributed by atoms with van der Waals surface area (Å²) in [6.45, 7) is 2.95. The summed E-state index contributed by atoms with van der Waals surface area (Å²) in [4.78, 5) is 7.42. The van der Waals surface area contributed by atoms with E-state index in [1.165, 1.54) is 29.8 Å². The van der Waals surface area contributed by atoms with Gasteiger partial charge in [-0.3, -0.25) is 4.40 Å². The second-order valence-electron chi connectivity index (χ2n) is 8.50. The Morgan fingerprint density at radius 3 is 2.59 bits per heavy atom. The van der Waals surface area contributed by atoms with Gasteiger partial charge in [-0.2, -0.15) is 5.26 Å². The molecule has 1 aromatic carbocycles. The van der Waals surface area contributed by atoms with Crippen molar-refractivity contribution >= 4 is 34.9 Å². The van der Waals surface area contributed by atoms with E-state index in [2.05, 4.69) is 33.6 Å². The molecular formula is C23H25ClN4O. The Bertz CT molecular complexity index is 1130. The zero-order chi connectivity index (χ0) is 18.7. The van der Waals surface area contributed by atoms with Gasteiger partial charge in [-0.1, -0.05) is 12.1 Å². The largest absolute Gasteiger partial charge is 0.375 e. The molecule has 3 aromatic rings. The van der Waals surface area contributed by atoms with E-state index in [1.807, 2.05) is 6.07 Å². The van der Waals surface area contributed by atoms with Crippen LogP contribution < -0.4 is 4.90 Å². The first-order chi connectivity index (χ1) is 13.8. The minimum absolute atomic E-state index is 0. The maximum atomic E-state index is 9.93. The highest BCUT2D eigenvalue weighted by molar-refractivity contribution is 5.86. The highest BCUT2D eigenvalue weighted by Crippen LogP contribution is 2.42. The molecule has 0 atom stereocenters. The first-order valence-electron chi connectivity index (χ1n) is 10.5. The van der Waals surface area contributed by atoms with Crippen molar-refractivity contribution in [3.63, 3.8) is 0 Å². The Balaban J connectivity index is 0.00000181. The summed E-state index contributed by atoms with van der Waals surface area (Å²) < 4.78 is 8.42. The fourth-order valence-electron chi connectivity index (χ4n) is 5.67. The second kappa shape index (κ2) is 6.90. The number of halogens is 1. The quantitative estimate of drug-likeness (QED) is 0.598. The van der Waals surface area contributed by atoms with Crippen LogP contribution in [0.2, 0.25) is 0 Å². The van der Waals surface area contributed by atoms with E-state index in [-0.39, 0.29) is 18.0 Å². The van der Waals surface area contributed by atoms with Crippen molar-refractivity contribution in [2.45, 2.75) is 50.5 Å². The summed E-state index contributed by atoms with van der Waals surface area (Å²) >= 11 is 0. The molecule has 6 heteroatoms. The van der Waals surface area contributed by atoms with Crippen LogP contribution >= 0.6 is 12.4 Å². The molecule has 6 rings (SSSR count). The van der Waals surface area contributed by atoms with Gasteiger partial charge in [0, 0.05) is 19.7 Å². The summed E-state index contributed by atoms with van der Waals surface area (Å²) in [5.41, 5.74) is 6.40. The molecule has 4 heterocycles. The van der Waals surface area contributed by atoms with Crippen LogP contribution in [0.25, 0.3) is 16.7 Å². The number of hydrogen-bond acceptors (Lipinski definition) is 4. The number of para-hydroxylation sites is 2. The minimum atomic E-state index is 0. The number of nitrogens with zero attached hydrogens (tertiary/aromatic N) is 4. The van der Waals surface area contributed by atoms with Gasteiger partial charge in [0.2, 0.25) is 0 Å². The van der Waals surface area contributed by atoms with E-state index >= 15 is 0 Å². The molecule has 3 aliphatic rings. The number of pyridine rings is 1.